The van der Waals surface area contributed by atoms with Crippen molar-refractivity contribution in [2.24, 2.45) is 0 Å². The number of carbonyl (C=O) groups excluding carboxylic acids is 1. The van der Waals surface area contributed by atoms with Crippen LogP contribution in [0.15, 0.2) is 73.2 Å². The third-order valence-electron chi connectivity index (χ3n) is 5.24. The molecule has 0 saturated carbocycles. The summed E-state index contributed by atoms with van der Waals surface area (Å²) in [4.78, 5) is 26.8. The summed E-state index contributed by atoms with van der Waals surface area (Å²) >= 11 is 6.48. The minimum Gasteiger partial charge on any atom is -0.492 e. The van der Waals surface area contributed by atoms with E-state index in [1.807, 2.05) is 31.2 Å². The first kappa shape index (κ1) is 22.9. The number of nitrogens with zero attached hydrogens (tertiary/aromatic N) is 4. The van der Waals surface area contributed by atoms with Gasteiger partial charge in [0.25, 0.3) is 0 Å². The van der Waals surface area contributed by atoms with Crippen molar-refractivity contribution in [3.63, 3.8) is 0 Å². The van der Waals surface area contributed by atoms with E-state index < -0.39 is 12.9 Å². The molecule has 9 nitrogen and oxygen atoms in total. The predicted octanol–water partition coefficient (Wildman–Crippen LogP) is 5.46. The van der Waals surface area contributed by atoms with Crippen molar-refractivity contribution in [3.8, 4) is 11.5 Å². The molecular weight excluding hydrogens is 504 g/mol. The van der Waals surface area contributed by atoms with Crippen molar-refractivity contribution in [2.75, 3.05) is 37.8 Å². The number of hydrogen-bond donors (Lipinski definition) is 2. The molecule has 0 unspecified atom stereocenters. The fourth-order valence-corrected chi connectivity index (χ4v) is 3.75. The lowest BCUT2D eigenvalue weighted by atomic mass is 10.1. The maximum Gasteiger partial charge on any atom is 0.248 e. The van der Waals surface area contributed by atoms with Gasteiger partial charge in [0.15, 0.2) is 0 Å². The second-order valence-electron chi connectivity index (χ2n) is 8.17. The van der Waals surface area contributed by atoms with Gasteiger partial charge in [-0.1, -0.05) is 23.7 Å². The number of anilines is 3. The molecule has 0 bridgehead atoms. The molecule has 0 saturated heterocycles. The van der Waals surface area contributed by atoms with Crippen molar-refractivity contribution in [2.45, 2.75) is 13.5 Å². The minimum atomic E-state index is -2.25. The van der Waals surface area contributed by atoms with E-state index in [0.717, 1.165) is 10.6 Å². The van der Waals surface area contributed by atoms with E-state index in [1.54, 1.807) is 30.5 Å². The first-order chi connectivity index (χ1) is 19.6. The molecule has 0 aliphatic rings. The van der Waals surface area contributed by atoms with E-state index in [4.69, 9.17) is 25.2 Å². The van der Waals surface area contributed by atoms with Crippen LogP contribution in [0.5, 0.6) is 11.5 Å². The maximum absolute atomic E-state index is 12.6. The van der Waals surface area contributed by atoms with Gasteiger partial charge in [-0.25, -0.2) is 9.97 Å². The zero-order valence-corrected chi connectivity index (χ0v) is 21.7. The molecule has 0 fully saturated rings. The number of ether oxygens (including phenoxy) is 2. The molecule has 38 heavy (non-hydrogen) atoms. The number of likely N-dealkylation sites (N-methyl/N-ethyl adjacent to an activating group) is 1. The van der Waals surface area contributed by atoms with Gasteiger partial charge in [0, 0.05) is 40.1 Å². The summed E-state index contributed by atoms with van der Waals surface area (Å²) in [7, 11) is 1.45. The highest BCUT2D eigenvalue weighted by Gasteiger charge is 2.13. The molecule has 2 N–H and O–H groups in total. The van der Waals surface area contributed by atoms with Crippen LogP contribution in [0.25, 0.3) is 10.9 Å². The van der Waals surface area contributed by atoms with E-state index >= 15 is 0 Å². The molecular formula is C28H29ClN6O3. The molecule has 0 aliphatic heterocycles. The highest BCUT2D eigenvalue weighted by atomic mass is 35.5. The third-order valence-corrected chi connectivity index (χ3v) is 5.53. The lowest BCUT2D eigenvalue weighted by Gasteiger charge is -2.15. The van der Waals surface area contributed by atoms with Gasteiger partial charge in [-0.2, -0.15) is 0 Å². The Kier molecular flexibility index (Phi) is 7.76. The lowest BCUT2D eigenvalue weighted by Crippen LogP contribution is -2.13. The van der Waals surface area contributed by atoms with Crippen molar-refractivity contribution in [1.82, 2.24) is 19.9 Å². The van der Waals surface area contributed by atoms with Crippen molar-refractivity contribution in [3.05, 3.63) is 83.9 Å². The van der Waals surface area contributed by atoms with E-state index in [1.165, 1.54) is 25.5 Å². The van der Waals surface area contributed by atoms with E-state index in [9.17, 15) is 4.79 Å². The van der Waals surface area contributed by atoms with Crippen LogP contribution in [0.2, 0.25) is 5.02 Å². The van der Waals surface area contributed by atoms with Gasteiger partial charge in [0.1, 0.15) is 30.3 Å². The molecule has 0 atom stereocenters. The van der Waals surface area contributed by atoms with Crippen molar-refractivity contribution >= 4 is 45.6 Å². The topological polar surface area (TPSA) is 102 Å². The zero-order valence-electron chi connectivity index (χ0n) is 23.9. The summed E-state index contributed by atoms with van der Waals surface area (Å²) in [5.74, 6) is 0.994. The van der Waals surface area contributed by atoms with E-state index in [0.29, 0.717) is 51.2 Å². The Morgan fingerprint density at radius 3 is 2.79 bits per heavy atom. The van der Waals surface area contributed by atoms with Crippen LogP contribution in [0.4, 0.5) is 17.2 Å². The van der Waals surface area contributed by atoms with Crippen molar-refractivity contribution < 1.29 is 18.4 Å². The average molecular weight is 536 g/mol. The van der Waals surface area contributed by atoms with Crippen LogP contribution in [-0.4, -0.2) is 52.9 Å². The van der Waals surface area contributed by atoms with Gasteiger partial charge in [0.05, 0.1) is 28.5 Å². The molecule has 2 aromatic heterocycles. The largest absolute Gasteiger partial charge is 0.492 e. The molecule has 0 aliphatic carbocycles. The van der Waals surface area contributed by atoms with Crippen LogP contribution >= 0.6 is 11.6 Å². The Labute approximate surface area is 230 Å². The fourth-order valence-electron chi connectivity index (χ4n) is 3.52. The predicted molar refractivity (Wildman–Crippen MR) is 150 cm³/mol. The maximum atomic E-state index is 12.6. The molecule has 2 heterocycles. The average Bonchev–Trinajstić information content (AvgIpc) is 2.93. The summed E-state index contributed by atoms with van der Waals surface area (Å²) in [6.07, 6.45) is 5.89. The molecule has 1 amide bonds. The summed E-state index contributed by atoms with van der Waals surface area (Å²) in [5, 5.41) is 7.09. The number of benzene rings is 2. The first-order valence-corrected chi connectivity index (χ1v) is 12.2. The molecule has 4 rings (SSSR count). The van der Waals surface area contributed by atoms with E-state index in [2.05, 4.69) is 25.6 Å². The van der Waals surface area contributed by atoms with Crippen LogP contribution in [0.1, 0.15) is 16.7 Å². The molecule has 0 radical (unpaired) electrons. The van der Waals surface area contributed by atoms with Gasteiger partial charge in [-0.3, -0.25) is 9.78 Å². The lowest BCUT2D eigenvalue weighted by molar-refractivity contribution is -0.111. The number of aromatic nitrogens is 3. The van der Waals surface area contributed by atoms with E-state index in [-0.39, 0.29) is 13.2 Å². The van der Waals surface area contributed by atoms with Gasteiger partial charge >= 0.3 is 0 Å². The Balaban J connectivity index is 1.53. The minimum absolute atomic E-state index is 0.0808. The van der Waals surface area contributed by atoms with Gasteiger partial charge < -0.3 is 25.0 Å². The van der Waals surface area contributed by atoms with Crippen LogP contribution < -0.4 is 20.1 Å². The number of hydrogen-bond acceptors (Lipinski definition) is 8. The fraction of sp³-hybridized carbons (Fsp3) is 0.214. The zero-order chi connectivity index (χ0) is 29.4. The molecule has 4 aromatic rings. The quantitative estimate of drug-likeness (QED) is 0.244. The van der Waals surface area contributed by atoms with Gasteiger partial charge in [0.2, 0.25) is 5.91 Å². The van der Waals surface area contributed by atoms with Crippen molar-refractivity contribution in [1.29, 1.82) is 0 Å². The highest BCUT2D eigenvalue weighted by Crippen LogP contribution is 2.35. The molecule has 196 valence electrons. The number of halogens is 1. The Bertz CT molecular complexity index is 1540. The third kappa shape index (κ3) is 7.18. The van der Waals surface area contributed by atoms with Crippen LogP contribution in [-0.2, 0) is 11.4 Å². The molecule has 2 aromatic carbocycles. The first-order valence-electron chi connectivity index (χ1n) is 13.3. The smallest absolute Gasteiger partial charge is 0.248 e. The monoisotopic (exact) mass is 535 g/mol. The highest BCUT2D eigenvalue weighted by molar-refractivity contribution is 6.32. The summed E-state index contributed by atoms with van der Waals surface area (Å²) in [5.41, 5.74) is 2.46. The number of fused-ring (bicyclic) bond motifs is 1. The second-order valence-corrected chi connectivity index (χ2v) is 8.58. The summed E-state index contributed by atoms with van der Waals surface area (Å²) in [6, 6.07) is 14.3. The van der Waals surface area contributed by atoms with Gasteiger partial charge in [-0.15, -0.1) is 0 Å². The number of amides is 1. The number of carbonyl (C=O) groups is 1. The van der Waals surface area contributed by atoms with Crippen LogP contribution in [0.3, 0.4) is 0 Å². The SMILES string of the molecule is [2H]C([2H])([2H])N(C)C/C=C/C(=O)Nc1cc2c(Nc3ccc(OCc4ccccn4)c(Cl)c3)ncnc2cc1OCC. The summed E-state index contributed by atoms with van der Waals surface area (Å²) in [6.45, 7) is 0.322. The number of rotatable bonds is 11. The normalized spacial score (nSPS) is 12.7. The Hall–Kier alpha value is -4.21. The second kappa shape index (κ2) is 12.8. The Morgan fingerprint density at radius 1 is 1.13 bits per heavy atom. The molecule has 0 spiro atoms. The summed E-state index contributed by atoms with van der Waals surface area (Å²) < 4.78 is 33.8. The standard InChI is InChI=1S/C28H29ClN6O3/c1-4-37-26-16-23-21(15-24(26)34-27(36)9-7-13-35(2)3)28(32-18-31-23)33-19-10-11-25(22(29)14-19)38-17-20-8-5-6-12-30-20/h5-12,14-16,18H,4,13,17H2,1-3H3,(H,34,36)(H,31,32,33)/b9-7+/i2D3. The van der Waals surface area contributed by atoms with Crippen LogP contribution in [0, 0.1) is 0 Å². The molecule has 10 heteroatoms. The van der Waals surface area contributed by atoms with Gasteiger partial charge in [-0.05, 0) is 57.3 Å². The Morgan fingerprint density at radius 2 is 2.03 bits per heavy atom. The number of pyridine rings is 1. The number of nitrogens with one attached hydrogen (secondary N) is 2.